The second-order valence-electron chi connectivity index (χ2n) is 3.76. The summed E-state index contributed by atoms with van der Waals surface area (Å²) in [6.07, 6.45) is 0. The van der Waals surface area contributed by atoms with Crippen LogP contribution in [0, 0.1) is 4.77 Å². The maximum absolute atomic E-state index is 12.1. The molecule has 0 bridgehead atoms. The topological polar surface area (TPSA) is 64.7 Å². The van der Waals surface area contributed by atoms with Crippen LogP contribution in [0.1, 0.15) is 13.8 Å². The quantitative estimate of drug-likeness (QED) is 0.798. The van der Waals surface area contributed by atoms with Gasteiger partial charge in [0.15, 0.2) is 10.3 Å². The number of hydrogen-bond donors (Lipinski definition) is 1. The average Bonchev–Trinajstić information content (AvgIpc) is 2.63. The molecular weight excluding hydrogens is 240 g/mol. The van der Waals surface area contributed by atoms with Crippen molar-refractivity contribution in [3.63, 3.8) is 0 Å². The number of nitrogens with one attached hydrogen (secondary N) is 1. The van der Waals surface area contributed by atoms with Crippen molar-refractivity contribution in [3.05, 3.63) is 25.6 Å². The van der Waals surface area contributed by atoms with Gasteiger partial charge in [-0.2, -0.15) is 0 Å². The second-order valence-corrected chi connectivity index (χ2v) is 4.15. The lowest BCUT2D eigenvalue weighted by Gasteiger charge is -2.07. The molecule has 0 aliphatic rings. The fourth-order valence-electron chi connectivity index (χ4n) is 1.99. The summed E-state index contributed by atoms with van der Waals surface area (Å²) in [5.74, 6) is 0. The molecule has 2 aromatic heterocycles. The van der Waals surface area contributed by atoms with Gasteiger partial charge in [0, 0.05) is 20.1 Å². The van der Waals surface area contributed by atoms with E-state index in [4.69, 9.17) is 12.2 Å². The Balaban J connectivity index is 3.18. The van der Waals surface area contributed by atoms with Gasteiger partial charge in [0.25, 0.3) is 5.56 Å². The minimum absolute atomic E-state index is 0.316. The van der Waals surface area contributed by atoms with Gasteiger partial charge in [0.2, 0.25) is 0 Å². The molecule has 1 N–H and O–H groups in total. The minimum atomic E-state index is -0.329. The molecule has 0 unspecified atom stereocenters. The lowest BCUT2D eigenvalue weighted by molar-refractivity contribution is 0.648. The van der Waals surface area contributed by atoms with Crippen LogP contribution in [-0.4, -0.2) is 18.7 Å². The SMILES string of the molecule is CCn1c(=O)n(C)c(=O)c2c1[nH]c(=S)n2CC. The first kappa shape index (κ1) is 11.8. The van der Waals surface area contributed by atoms with Crippen LogP contribution < -0.4 is 11.2 Å². The Morgan fingerprint density at radius 3 is 2.29 bits per heavy atom. The molecule has 0 aromatic carbocycles. The summed E-state index contributed by atoms with van der Waals surface area (Å²) in [6.45, 7) is 4.84. The van der Waals surface area contributed by atoms with Crippen LogP contribution in [0.2, 0.25) is 0 Å². The zero-order valence-corrected chi connectivity index (χ0v) is 10.8. The molecule has 7 heteroatoms. The first-order chi connectivity index (χ1) is 8.02. The Hall–Kier alpha value is -1.63. The molecule has 0 saturated carbocycles. The van der Waals surface area contributed by atoms with Gasteiger partial charge in [-0.05, 0) is 26.1 Å². The Morgan fingerprint density at radius 1 is 1.18 bits per heavy atom. The van der Waals surface area contributed by atoms with E-state index < -0.39 is 0 Å². The summed E-state index contributed by atoms with van der Waals surface area (Å²) >= 11 is 5.15. The van der Waals surface area contributed by atoms with Crippen LogP contribution in [0.3, 0.4) is 0 Å². The van der Waals surface area contributed by atoms with Crippen LogP contribution in [0.4, 0.5) is 0 Å². The van der Waals surface area contributed by atoms with Gasteiger partial charge in [0.1, 0.15) is 5.65 Å². The smallest absolute Gasteiger partial charge is 0.316 e. The maximum Gasteiger partial charge on any atom is 0.332 e. The summed E-state index contributed by atoms with van der Waals surface area (Å²) in [7, 11) is 1.48. The number of imidazole rings is 1. The molecule has 2 aromatic rings. The Labute approximate surface area is 102 Å². The first-order valence-electron chi connectivity index (χ1n) is 5.45. The highest BCUT2D eigenvalue weighted by Crippen LogP contribution is 2.07. The van der Waals surface area contributed by atoms with E-state index in [9.17, 15) is 9.59 Å². The van der Waals surface area contributed by atoms with Crippen molar-refractivity contribution in [2.75, 3.05) is 0 Å². The molecule has 6 nitrogen and oxygen atoms in total. The van der Waals surface area contributed by atoms with Crippen LogP contribution >= 0.6 is 12.2 Å². The van der Waals surface area contributed by atoms with Gasteiger partial charge < -0.3 is 9.55 Å². The molecule has 0 aliphatic heterocycles. The van der Waals surface area contributed by atoms with Gasteiger partial charge in [0.05, 0.1) is 0 Å². The molecule has 2 heterocycles. The normalized spacial score (nSPS) is 11.2. The van der Waals surface area contributed by atoms with E-state index >= 15 is 0 Å². The van der Waals surface area contributed by atoms with Gasteiger partial charge >= 0.3 is 5.69 Å². The second kappa shape index (κ2) is 3.99. The fraction of sp³-hybridized carbons (Fsp3) is 0.500. The third-order valence-electron chi connectivity index (χ3n) is 2.89. The number of aryl methyl sites for hydroxylation is 2. The van der Waals surface area contributed by atoms with Crippen molar-refractivity contribution < 1.29 is 0 Å². The molecule has 0 spiro atoms. The first-order valence-corrected chi connectivity index (χ1v) is 5.86. The van der Waals surface area contributed by atoms with Gasteiger partial charge in [-0.15, -0.1) is 0 Å². The molecule has 0 radical (unpaired) electrons. The fourth-order valence-corrected chi connectivity index (χ4v) is 2.30. The van der Waals surface area contributed by atoms with Gasteiger partial charge in [-0.3, -0.25) is 13.9 Å². The van der Waals surface area contributed by atoms with Crippen molar-refractivity contribution in [3.8, 4) is 0 Å². The van der Waals surface area contributed by atoms with E-state index in [0.717, 1.165) is 4.57 Å². The third-order valence-corrected chi connectivity index (χ3v) is 3.21. The number of hydrogen-bond acceptors (Lipinski definition) is 3. The predicted molar refractivity (Wildman–Crippen MR) is 68.0 cm³/mol. The number of rotatable bonds is 2. The molecule has 92 valence electrons. The average molecular weight is 254 g/mol. The van der Waals surface area contributed by atoms with Crippen LogP contribution in [-0.2, 0) is 20.1 Å². The van der Waals surface area contributed by atoms with E-state index in [1.807, 2.05) is 13.8 Å². The highest BCUT2D eigenvalue weighted by molar-refractivity contribution is 7.71. The van der Waals surface area contributed by atoms with Crippen molar-refractivity contribution in [1.82, 2.24) is 18.7 Å². The molecular formula is C10H14N4O2S. The van der Waals surface area contributed by atoms with Crippen LogP contribution in [0.15, 0.2) is 9.59 Å². The van der Waals surface area contributed by atoms with E-state index in [1.165, 1.54) is 11.6 Å². The molecule has 0 aliphatic carbocycles. The van der Waals surface area contributed by atoms with Crippen molar-refractivity contribution in [2.24, 2.45) is 7.05 Å². The summed E-state index contributed by atoms with van der Waals surface area (Å²) in [5, 5.41) is 0. The zero-order chi connectivity index (χ0) is 12.7. The lowest BCUT2D eigenvalue weighted by Crippen LogP contribution is -2.38. The van der Waals surface area contributed by atoms with E-state index in [-0.39, 0.29) is 11.2 Å². The molecule has 17 heavy (non-hydrogen) atoms. The van der Waals surface area contributed by atoms with E-state index in [2.05, 4.69) is 4.98 Å². The summed E-state index contributed by atoms with van der Waals surface area (Å²) < 4.78 is 4.80. The summed E-state index contributed by atoms with van der Waals surface area (Å²) in [5.41, 5.74) is 0.322. The standard InChI is InChI=1S/C10H14N4O2S/c1-4-13-6-7(11-9(13)17)14(5-2)10(16)12(3)8(6)15/h4-5H2,1-3H3,(H,11,17). The highest BCUT2D eigenvalue weighted by atomic mass is 32.1. The molecule has 0 amide bonds. The third kappa shape index (κ3) is 1.49. The number of nitrogens with zero attached hydrogens (tertiary/aromatic N) is 3. The number of aromatic amines is 1. The molecule has 0 saturated heterocycles. The van der Waals surface area contributed by atoms with Crippen molar-refractivity contribution in [2.45, 2.75) is 26.9 Å². The monoisotopic (exact) mass is 254 g/mol. The Bertz CT molecular complexity index is 746. The van der Waals surface area contributed by atoms with E-state index in [1.54, 1.807) is 4.57 Å². The summed E-state index contributed by atoms with van der Waals surface area (Å²) in [6, 6.07) is 0. The van der Waals surface area contributed by atoms with Crippen molar-refractivity contribution >= 4 is 23.4 Å². The Kier molecular flexibility index (Phi) is 2.78. The van der Waals surface area contributed by atoms with E-state index in [0.29, 0.717) is 29.0 Å². The summed E-state index contributed by atoms with van der Waals surface area (Å²) in [4.78, 5) is 26.9. The molecule has 2 rings (SSSR count). The zero-order valence-electron chi connectivity index (χ0n) is 9.98. The lowest BCUT2D eigenvalue weighted by atomic mass is 10.5. The van der Waals surface area contributed by atoms with Crippen molar-refractivity contribution in [1.29, 1.82) is 0 Å². The minimum Gasteiger partial charge on any atom is -0.316 e. The van der Waals surface area contributed by atoms with Gasteiger partial charge in [-0.1, -0.05) is 0 Å². The number of aromatic nitrogens is 4. The number of H-pyrrole nitrogens is 1. The van der Waals surface area contributed by atoms with Crippen LogP contribution in [0.5, 0.6) is 0 Å². The number of fused-ring (bicyclic) bond motifs is 1. The molecule has 0 fully saturated rings. The van der Waals surface area contributed by atoms with Gasteiger partial charge in [-0.25, -0.2) is 4.79 Å². The largest absolute Gasteiger partial charge is 0.332 e. The Morgan fingerprint density at radius 2 is 1.76 bits per heavy atom. The molecule has 0 atom stereocenters. The highest BCUT2D eigenvalue weighted by Gasteiger charge is 2.14. The van der Waals surface area contributed by atoms with Crippen LogP contribution in [0.25, 0.3) is 11.2 Å². The maximum atomic E-state index is 12.1. The predicted octanol–water partition coefficient (Wildman–Crippen LogP) is 0.599.